The van der Waals surface area contributed by atoms with Crippen LogP contribution in [0.2, 0.25) is 5.02 Å². The van der Waals surface area contributed by atoms with Crippen molar-refractivity contribution in [1.82, 2.24) is 4.98 Å². The summed E-state index contributed by atoms with van der Waals surface area (Å²) in [5.74, 6) is 0.505. The Morgan fingerprint density at radius 1 is 1.38 bits per heavy atom. The first-order valence-corrected chi connectivity index (χ1v) is 10.1. The van der Waals surface area contributed by atoms with Gasteiger partial charge in [0.05, 0.1) is 5.56 Å². The number of carbonyl (C=O) groups excluding carboxylic acids is 1. The van der Waals surface area contributed by atoms with Crippen LogP contribution in [0.25, 0.3) is 0 Å². The van der Waals surface area contributed by atoms with Gasteiger partial charge in [0, 0.05) is 28.6 Å². The maximum absolute atomic E-state index is 12.2. The van der Waals surface area contributed by atoms with Gasteiger partial charge in [-0.05, 0) is 61.9 Å². The SMILES string of the molecule is Cc1c(Cl)cccc1NC(=O)CCSc1nc2c(cc1C#N)CCCC2. The van der Waals surface area contributed by atoms with Gasteiger partial charge in [-0.15, -0.1) is 11.8 Å². The highest BCUT2D eigenvalue weighted by Crippen LogP contribution is 2.28. The van der Waals surface area contributed by atoms with E-state index >= 15 is 0 Å². The number of carbonyl (C=O) groups is 1. The summed E-state index contributed by atoms with van der Waals surface area (Å²) in [7, 11) is 0. The van der Waals surface area contributed by atoms with Gasteiger partial charge in [0.15, 0.2) is 0 Å². The monoisotopic (exact) mass is 385 g/mol. The summed E-state index contributed by atoms with van der Waals surface area (Å²) in [5, 5.41) is 13.6. The molecule has 0 aliphatic heterocycles. The van der Waals surface area contributed by atoms with Crippen LogP contribution in [-0.4, -0.2) is 16.6 Å². The molecule has 0 saturated carbocycles. The van der Waals surface area contributed by atoms with Gasteiger partial charge in [-0.1, -0.05) is 17.7 Å². The first kappa shape index (κ1) is 18.8. The molecule has 1 aliphatic rings. The van der Waals surface area contributed by atoms with Crippen LogP contribution in [0.5, 0.6) is 0 Å². The largest absolute Gasteiger partial charge is 0.326 e. The number of nitrogens with one attached hydrogen (secondary N) is 1. The molecule has 0 spiro atoms. The Balaban J connectivity index is 1.60. The Hall–Kier alpha value is -2.03. The number of nitriles is 1. The van der Waals surface area contributed by atoms with Gasteiger partial charge in [0.25, 0.3) is 0 Å². The number of halogens is 1. The van der Waals surface area contributed by atoms with Crippen molar-refractivity contribution in [2.75, 3.05) is 11.1 Å². The van der Waals surface area contributed by atoms with Crippen molar-refractivity contribution in [3.8, 4) is 6.07 Å². The third kappa shape index (κ3) is 4.38. The van der Waals surface area contributed by atoms with E-state index in [1.165, 1.54) is 17.3 Å². The van der Waals surface area contributed by atoms with Gasteiger partial charge in [-0.3, -0.25) is 4.79 Å². The summed E-state index contributed by atoms with van der Waals surface area (Å²) in [6.07, 6.45) is 4.64. The van der Waals surface area contributed by atoms with E-state index in [0.29, 0.717) is 22.8 Å². The number of rotatable bonds is 5. The van der Waals surface area contributed by atoms with E-state index in [4.69, 9.17) is 11.6 Å². The van der Waals surface area contributed by atoms with E-state index in [0.717, 1.165) is 47.7 Å². The minimum absolute atomic E-state index is 0.0701. The summed E-state index contributed by atoms with van der Waals surface area (Å²) < 4.78 is 0. The van der Waals surface area contributed by atoms with Gasteiger partial charge in [0.1, 0.15) is 11.1 Å². The first-order valence-electron chi connectivity index (χ1n) is 8.69. The van der Waals surface area contributed by atoms with Crippen molar-refractivity contribution in [1.29, 1.82) is 5.26 Å². The van der Waals surface area contributed by atoms with Gasteiger partial charge in [0.2, 0.25) is 5.91 Å². The summed E-state index contributed by atoms with van der Waals surface area (Å²) in [6, 6.07) is 9.66. The number of hydrogen-bond acceptors (Lipinski definition) is 4. The van der Waals surface area contributed by atoms with Crippen molar-refractivity contribution >= 4 is 35.0 Å². The lowest BCUT2D eigenvalue weighted by Crippen LogP contribution is -2.13. The molecule has 0 saturated heterocycles. The fraction of sp³-hybridized carbons (Fsp3) is 0.350. The van der Waals surface area contributed by atoms with Crippen molar-refractivity contribution in [2.45, 2.75) is 44.1 Å². The van der Waals surface area contributed by atoms with E-state index in [1.807, 2.05) is 25.1 Å². The second-order valence-electron chi connectivity index (χ2n) is 6.32. The zero-order valence-electron chi connectivity index (χ0n) is 14.6. The average molecular weight is 386 g/mol. The zero-order chi connectivity index (χ0) is 18.5. The van der Waals surface area contributed by atoms with Gasteiger partial charge in [-0.25, -0.2) is 4.98 Å². The van der Waals surface area contributed by atoms with Crippen molar-refractivity contribution in [2.24, 2.45) is 0 Å². The average Bonchev–Trinajstić information content (AvgIpc) is 2.65. The van der Waals surface area contributed by atoms with Gasteiger partial charge in [-0.2, -0.15) is 5.26 Å². The third-order valence-electron chi connectivity index (χ3n) is 4.50. The van der Waals surface area contributed by atoms with E-state index in [9.17, 15) is 10.1 Å². The predicted octanol–water partition coefficient (Wildman–Crippen LogP) is 4.91. The number of amides is 1. The standard InChI is InChI=1S/C20H20ClN3OS/c1-13-16(21)6-4-8-17(13)23-19(25)9-10-26-20-15(12-22)11-14-5-2-3-7-18(14)24-20/h4,6,8,11H,2-3,5,7,9-10H2,1H3,(H,23,25). The molecule has 1 heterocycles. The summed E-state index contributed by atoms with van der Waals surface area (Å²) >= 11 is 7.55. The van der Waals surface area contributed by atoms with Crippen molar-refractivity contribution < 1.29 is 4.79 Å². The number of anilines is 1. The second-order valence-corrected chi connectivity index (χ2v) is 7.82. The Bertz CT molecular complexity index is 876. The molecular formula is C20H20ClN3OS. The Kier molecular flexibility index (Phi) is 6.18. The molecule has 3 rings (SSSR count). The first-order chi connectivity index (χ1) is 12.6. The predicted molar refractivity (Wildman–Crippen MR) is 106 cm³/mol. The van der Waals surface area contributed by atoms with Crippen LogP contribution in [-0.2, 0) is 17.6 Å². The molecule has 1 N–H and O–H groups in total. The second kappa shape index (κ2) is 8.57. The number of fused-ring (bicyclic) bond motifs is 1. The van der Waals surface area contributed by atoms with E-state index in [-0.39, 0.29) is 5.91 Å². The number of aryl methyl sites for hydroxylation is 2. The van der Waals surface area contributed by atoms with Gasteiger partial charge >= 0.3 is 0 Å². The summed E-state index contributed by atoms with van der Waals surface area (Å²) in [6.45, 7) is 1.88. The molecule has 1 aromatic heterocycles. The molecule has 0 unspecified atom stereocenters. The van der Waals surface area contributed by atoms with E-state index < -0.39 is 0 Å². The van der Waals surface area contributed by atoms with E-state index in [1.54, 1.807) is 6.07 Å². The summed E-state index contributed by atoms with van der Waals surface area (Å²) in [4.78, 5) is 16.9. The minimum Gasteiger partial charge on any atom is -0.326 e. The maximum atomic E-state index is 12.2. The molecule has 0 fully saturated rings. The third-order valence-corrected chi connectivity index (χ3v) is 5.90. The normalized spacial score (nSPS) is 13.0. The molecule has 134 valence electrons. The van der Waals surface area contributed by atoms with Crippen molar-refractivity contribution in [3.05, 3.63) is 51.7 Å². The van der Waals surface area contributed by atoms with Crippen LogP contribution >= 0.6 is 23.4 Å². The Morgan fingerprint density at radius 3 is 3.00 bits per heavy atom. The molecule has 4 nitrogen and oxygen atoms in total. The lowest BCUT2D eigenvalue weighted by atomic mass is 9.95. The Labute approximate surface area is 163 Å². The molecule has 6 heteroatoms. The topological polar surface area (TPSA) is 65.8 Å². The molecule has 1 amide bonds. The van der Waals surface area contributed by atoms with Crippen molar-refractivity contribution in [3.63, 3.8) is 0 Å². The van der Waals surface area contributed by atoms with E-state index in [2.05, 4.69) is 16.4 Å². The highest BCUT2D eigenvalue weighted by atomic mass is 35.5. The van der Waals surface area contributed by atoms with Crippen LogP contribution in [0.15, 0.2) is 29.3 Å². The fourth-order valence-corrected chi connectivity index (χ4v) is 4.09. The Morgan fingerprint density at radius 2 is 2.19 bits per heavy atom. The van der Waals surface area contributed by atoms with Crippen LogP contribution < -0.4 is 5.32 Å². The molecule has 0 radical (unpaired) electrons. The van der Waals surface area contributed by atoms with Crippen LogP contribution in [0.1, 0.15) is 41.6 Å². The smallest absolute Gasteiger partial charge is 0.225 e. The highest BCUT2D eigenvalue weighted by Gasteiger charge is 2.16. The minimum atomic E-state index is -0.0701. The maximum Gasteiger partial charge on any atom is 0.225 e. The highest BCUT2D eigenvalue weighted by molar-refractivity contribution is 7.99. The lowest BCUT2D eigenvalue weighted by molar-refractivity contribution is -0.115. The molecule has 0 bridgehead atoms. The quantitative estimate of drug-likeness (QED) is 0.742. The fourth-order valence-electron chi connectivity index (χ4n) is 3.00. The van der Waals surface area contributed by atoms with Crippen LogP contribution in [0.3, 0.4) is 0 Å². The number of hydrogen-bond donors (Lipinski definition) is 1. The number of benzene rings is 1. The van der Waals surface area contributed by atoms with Gasteiger partial charge < -0.3 is 5.32 Å². The molecule has 26 heavy (non-hydrogen) atoms. The molecule has 1 aliphatic carbocycles. The number of pyridine rings is 1. The zero-order valence-corrected chi connectivity index (χ0v) is 16.2. The number of nitrogens with zero attached hydrogens (tertiary/aromatic N) is 2. The molecular weight excluding hydrogens is 366 g/mol. The number of thioether (sulfide) groups is 1. The lowest BCUT2D eigenvalue weighted by Gasteiger charge is -2.16. The molecule has 0 atom stereocenters. The molecule has 2 aromatic rings. The molecule has 1 aromatic carbocycles. The number of aromatic nitrogens is 1. The van der Waals surface area contributed by atoms with Crippen LogP contribution in [0.4, 0.5) is 5.69 Å². The summed E-state index contributed by atoms with van der Waals surface area (Å²) in [5.41, 5.74) is 4.51. The van der Waals surface area contributed by atoms with Crippen LogP contribution in [0, 0.1) is 18.3 Å².